The van der Waals surface area contributed by atoms with Crippen molar-refractivity contribution in [1.29, 1.82) is 0 Å². The highest BCUT2D eigenvalue weighted by molar-refractivity contribution is 6.31. The number of nitrogens with one attached hydrogen (secondary N) is 1. The van der Waals surface area contributed by atoms with Crippen LogP contribution in [-0.4, -0.2) is 35.4 Å². The van der Waals surface area contributed by atoms with Crippen LogP contribution in [0.4, 0.5) is 0 Å². The zero-order chi connectivity index (χ0) is 26.9. The Balaban J connectivity index is 1.66. The van der Waals surface area contributed by atoms with Crippen LogP contribution < -0.4 is 10.1 Å². The average Bonchev–Trinajstić information content (AvgIpc) is 2.94. The minimum Gasteiger partial charge on any atom is -0.483 e. The summed E-state index contributed by atoms with van der Waals surface area (Å²) in [6.07, 6.45) is 1.15. The number of benzene rings is 4. The number of halogens is 1. The fraction of sp³-hybridized carbons (Fsp3) is 0.250. The molecule has 0 aliphatic heterocycles. The third kappa shape index (κ3) is 6.93. The Kier molecular flexibility index (Phi) is 9.39. The summed E-state index contributed by atoms with van der Waals surface area (Å²) in [7, 11) is 0. The van der Waals surface area contributed by atoms with Gasteiger partial charge in [0.05, 0.1) is 0 Å². The maximum Gasteiger partial charge on any atom is 0.261 e. The first-order valence-corrected chi connectivity index (χ1v) is 13.3. The Bertz CT molecular complexity index is 1370. The number of hydrogen-bond donors (Lipinski definition) is 1. The third-order valence-corrected chi connectivity index (χ3v) is 7.04. The Morgan fingerprint density at radius 1 is 0.895 bits per heavy atom. The highest BCUT2D eigenvalue weighted by atomic mass is 35.5. The molecular weight excluding hydrogens is 496 g/mol. The van der Waals surface area contributed by atoms with Gasteiger partial charge in [-0.15, -0.1) is 0 Å². The van der Waals surface area contributed by atoms with Gasteiger partial charge in [-0.3, -0.25) is 9.59 Å². The van der Waals surface area contributed by atoms with Crippen LogP contribution in [0.2, 0.25) is 5.02 Å². The monoisotopic (exact) mass is 528 g/mol. The molecule has 4 aromatic rings. The third-order valence-electron chi connectivity index (χ3n) is 6.67. The maximum atomic E-state index is 13.8. The van der Waals surface area contributed by atoms with Gasteiger partial charge in [-0.2, -0.15) is 0 Å². The Labute approximate surface area is 229 Å². The lowest BCUT2D eigenvalue weighted by atomic mass is 10.0. The molecule has 0 fully saturated rings. The molecule has 4 rings (SSSR count). The first-order valence-electron chi connectivity index (χ1n) is 12.9. The van der Waals surface area contributed by atoms with E-state index in [1.54, 1.807) is 11.0 Å². The van der Waals surface area contributed by atoms with Crippen molar-refractivity contribution >= 4 is 34.2 Å². The van der Waals surface area contributed by atoms with Crippen LogP contribution in [-0.2, 0) is 22.6 Å². The lowest BCUT2D eigenvalue weighted by Crippen LogP contribution is -2.53. The lowest BCUT2D eigenvalue weighted by Gasteiger charge is -2.32. The second kappa shape index (κ2) is 13.1. The summed E-state index contributed by atoms with van der Waals surface area (Å²) in [6.45, 7) is 3.95. The minimum atomic E-state index is -0.744. The molecule has 0 saturated carbocycles. The summed E-state index contributed by atoms with van der Waals surface area (Å²) in [5.74, 6) is 0.129. The van der Waals surface area contributed by atoms with Gasteiger partial charge in [-0.25, -0.2) is 0 Å². The molecule has 5 nitrogen and oxygen atoms in total. The van der Waals surface area contributed by atoms with Gasteiger partial charge in [-0.05, 0) is 42.0 Å². The molecule has 1 N–H and O–H groups in total. The van der Waals surface area contributed by atoms with Gasteiger partial charge in [0.2, 0.25) is 5.91 Å². The summed E-state index contributed by atoms with van der Waals surface area (Å²) in [6, 6.07) is 30.0. The van der Waals surface area contributed by atoms with E-state index in [0.717, 1.165) is 28.3 Å². The number of carbonyl (C=O) groups is 2. The minimum absolute atomic E-state index is 0.0232. The van der Waals surface area contributed by atoms with Crippen LogP contribution >= 0.6 is 11.6 Å². The number of amides is 2. The molecule has 0 saturated heterocycles. The number of ether oxygens (including phenoxy) is 1. The zero-order valence-electron chi connectivity index (χ0n) is 21.8. The van der Waals surface area contributed by atoms with E-state index in [4.69, 9.17) is 16.3 Å². The summed E-state index contributed by atoms with van der Waals surface area (Å²) in [5, 5.41) is 5.57. The molecule has 0 bridgehead atoms. The van der Waals surface area contributed by atoms with Gasteiger partial charge in [0, 0.05) is 29.4 Å². The quantitative estimate of drug-likeness (QED) is 0.244. The molecule has 2 atom stereocenters. The van der Waals surface area contributed by atoms with Crippen LogP contribution in [0.25, 0.3) is 10.8 Å². The van der Waals surface area contributed by atoms with Crippen molar-refractivity contribution in [3.8, 4) is 5.75 Å². The van der Waals surface area contributed by atoms with E-state index in [0.29, 0.717) is 17.2 Å². The predicted octanol–water partition coefficient (Wildman–Crippen LogP) is 6.43. The first kappa shape index (κ1) is 27.2. The molecule has 0 aliphatic carbocycles. The highest BCUT2D eigenvalue weighted by Crippen LogP contribution is 2.26. The maximum absolute atomic E-state index is 13.8. The van der Waals surface area contributed by atoms with Crippen LogP contribution in [0, 0.1) is 0 Å². The van der Waals surface area contributed by atoms with Crippen LogP contribution in [0.5, 0.6) is 5.75 Å². The van der Waals surface area contributed by atoms with Crippen molar-refractivity contribution in [2.45, 2.75) is 45.3 Å². The van der Waals surface area contributed by atoms with Gasteiger partial charge in [0.1, 0.15) is 11.8 Å². The SMILES string of the molecule is CC[C@@H](C)NC(=O)[C@H](Cc1ccccc1)N(Cc1ccccc1Cl)C(=O)COc1cccc2ccccc12. The Hall–Kier alpha value is -3.83. The molecular formula is C32H33ClN2O3. The van der Waals surface area contributed by atoms with Crippen molar-refractivity contribution < 1.29 is 14.3 Å². The normalized spacial score (nSPS) is 12.5. The predicted molar refractivity (Wildman–Crippen MR) is 153 cm³/mol. The smallest absolute Gasteiger partial charge is 0.261 e. The molecule has 0 spiro atoms. The molecule has 0 unspecified atom stereocenters. The molecule has 6 heteroatoms. The molecule has 196 valence electrons. The van der Waals surface area contributed by atoms with Crippen molar-refractivity contribution in [2.24, 2.45) is 0 Å². The summed E-state index contributed by atoms with van der Waals surface area (Å²) >= 11 is 6.49. The second-order valence-electron chi connectivity index (χ2n) is 9.40. The van der Waals surface area contributed by atoms with Crippen molar-refractivity contribution in [3.05, 3.63) is 113 Å². The molecule has 4 aromatic carbocycles. The summed E-state index contributed by atoms with van der Waals surface area (Å²) in [5.41, 5.74) is 1.73. The number of nitrogens with zero attached hydrogens (tertiary/aromatic N) is 1. The molecule has 38 heavy (non-hydrogen) atoms. The number of hydrogen-bond acceptors (Lipinski definition) is 3. The van der Waals surface area contributed by atoms with Gasteiger partial charge in [-0.1, -0.05) is 103 Å². The number of fused-ring (bicyclic) bond motifs is 1. The molecule has 0 radical (unpaired) electrons. The lowest BCUT2D eigenvalue weighted by molar-refractivity contribution is -0.143. The van der Waals surface area contributed by atoms with E-state index in [2.05, 4.69) is 5.32 Å². The Morgan fingerprint density at radius 3 is 2.34 bits per heavy atom. The Morgan fingerprint density at radius 2 is 1.58 bits per heavy atom. The van der Waals surface area contributed by atoms with Crippen molar-refractivity contribution in [3.63, 3.8) is 0 Å². The largest absolute Gasteiger partial charge is 0.483 e. The van der Waals surface area contributed by atoms with Crippen LogP contribution in [0.15, 0.2) is 97.1 Å². The summed E-state index contributed by atoms with van der Waals surface area (Å²) < 4.78 is 6.06. The van der Waals surface area contributed by atoms with Crippen molar-refractivity contribution in [2.75, 3.05) is 6.61 Å². The van der Waals surface area contributed by atoms with E-state index in [1.807, 2.05) is 105 Å². The van der Waals surface area contributed by atoms with Gasteiger partial charge in [0.15, 0.2) is 6.61 Å². The fourth-order valence-electron chi connectivity index (χ4n) is 4.35. The van der Waals surface area contributed by atoms with E-state index in [1.165, 1.54) is 0 Å². The first-order chi connectivity index (χ1) is 18.5. The second-order valence-corrected chi connectivity index (χ2v) is 9.81. The van der Waals surface area contributed by atoms with Gasteiger partial charge < -0.3 is 15.0 Å². The molecule has 0 aromatic heterocycles. The van der Waals surface area contributed by atoms with Gasteiger partial charge in [0.25, 0.3) is 5.91 Å². The zero-order valence-corrected chi connectivity index (χ0v) is 22.5. The number of carbonyl (C=O) groups excluding carboxylic acids is 2. The topological polar surface area (TPSA) is 58.6 Å². The summed E-state index contributed by atoms with van der Waals surface area (Å²) in [4.78, 5) is 29.0. The van der Waals surface area contributed by atoms with Crippen molar-refractivity contribution in [1.82, 2.24) is 10.2 Å². The van der Waals surface area contributed by atoms with Crippen LogP contribution in [0.1, 0.15) is 31.4 Å². The standard InChI is InChI=1S/C32H33ClN2O3/c1-3-23(2)34-32(37)29(20-24-12-5-4-6-13-24)35(21-26-15-8-10-18-28(26)33)31(36)22-38-30-19-11-16-25-14-7-9-17-27(25)30/h4-19,23,29H,3,20-22H2,1-2H3,(H,34,37)/t23-,29+/m1/s1. The number of rotatable bonds is 11. The van der Waals surface area contributed by atoms with Gasteiger partial charge >= 0.3 is 0 Å². The molecule has 0 aliphatic rings. The van der Waals surface area contributed by atoms with E-state index < -0.39 is 6.04 Å². The van der Waals surface area contributed by atoms with E-state index in [-0.39, 0.29) is 31.0 Å². The molecule has 0 heterocycles. The van der Waals surface area contributed by atoms with E-state index >= 15 is 0 Å². The average molecular weight is 529 g/mol. The van der Waals surface area contributed by atoms with E-state index in [9.17, 15) is 9.59 Å². The molecule has 2 amide bonds. The van der Waals surface area contributed by atoms with Crippen LogP contribution in [0.3, 0.4) is 0 Å². The highest BCUT2D eigenvalue weighted by Gasteiger charge is 2.31. The fourth-order valence-corrected chi connectivity index (χ4v) is 4.54.